The second-order valence-corrected chi connectivity index (χ2v) is 9.08. The Kier molecular flexibility index (Phi) is 7.77. The van der Waals surface area contributed by atoms with Gasteiger partial charge >= 0.3 is 0 Å². The van der Waals surface area contributed by atoms with Gasteiger partial charge in [-0.25, -0.2) is 8.78 Å². The second kappa shape index (κ2) is 11.1. The Hall–Kier alpha value is -3.72. The Labute approximate surface area is 206 Å². The molecule has 9 heteroatoms. The summed E-state index contributed by atoms with van der Waals surface area (Å²) in [4.78, 5) is 12.8. The van der Waals surface area contributed by atoms with Crippen molar-refractivity contribution in [2.24, 2.45) is 0 Å². The van der Waals surface area contributed by atoms with E-state index in [0.717, 1.165) is 29.7 Å². The number of hydrogen-bond donors (Lipinski definition) is 1. The van der Waals surface area contributed by atoms with E-state index in [4.69, 9.17) is 4.74 Å². The summed E-state index contributed by atoms with van der Waals surface area (Å²) in [6.07, 6.45) is 0.740. The van der Waals surface area contributed by atoms with Crippen molar-refractivity contribution in [3.05, 3.63) is 90.0 Å². The molecule has 0 saturated heterocycles. The van der Waals surface area contributed by atoms with E-state index in [2.05, 4.69) is 27.6 Å². The van der Waals surface area contributed by atoms with Crippen LogP contribution < -0.4 is 10.1 Å². The number of hydrogen-bond acceptors (Lipinski definition) is 5. The lowest BCUT2D eigenvalue weighted by molar-refractivity contribution is -0.115. The highest BCUT2D eigenvalue weighted by molar-refractivity contribution is 8.00. The molecule has 1 heterocycles. The van der Waals surface area contributed by atoms with Crippen LogP contribution in [-0.2, 0) is 17.8 Å². The van der Waals surface area contributed by atoms with E-state index in [-0.39, 0.29) is 11.6 Å². The fourth-order valence-electron chi connectivity index (χ4n) is 3.52. The summed E-state index contributed by atoms with van der Waals surface area (Å²) < 4.78 is 34.2. The molecule has 1 unspecified atom stereocenters. The SMILES string of the molecule is COc1ccccc1-c1nnc(SC(C)C(=O)Nc2ccc(F)c(F)c2)n1CCc1ccccc1. The van der Waals surface area contributed by atoms with Gasteiger partial charge in [-0.3, -0.25) is 4.79 Å². The van der Waals surface area contributed by atoms with Crippen molar-refractivity contribution in [3.63, 3.8) is 0 Å². The van der Waals surface area contributed by atoms with Crippen LogP contribution in [0.15, 0.2) is 78.0 Å². The van der Waals surface area contributed by atoms with Crippen molar-refractivity contribution in [2.75, 3.05) is 12.4 Å². The number of halogens is 2. The van der Waals surface area contributed by atoms with Crippen LogP contribution in [0.1, 0.15) is 12.5 Å². The van der Waals surface area contributed by atoms with Crippen LogP contribution in [0, 0.1) is 11.6 Å². The van der Waals surface area contributed by atoms with Gasteiger partial charge < -0.3 is 14.6 Å². The molecule has 4 rings (SSSR count). The van der Waals surface area contributed by atoms with Crippen molar-refractivity contribution >= 4 is 23.4 Å². The molecule has 0 aliphatic heterocycles. The third-order valence-corrected chi connectivity index (χ3v) is 6.45. The van der Waals surface area contributed by atoms with Crippen molar-refractivity contribution < 1.29 is 18.3 Å². The molecule has 1 atom stereocenters. The topological polar surface area (TPSA) is 69.0 Å². The highest BCUT2D eigenvalue weighted by Crippen LogP contribution is 2.32. The molecule has 6 nitrogen and oxygen atoms in total. The fourth-order valence-corrected chi connectivity index (χ4v) is 4.40. The molecule has 4 aromatic rings. The molecule has 0 radical (unpaired) electrons. The number of nitrogens with one attached hydrogen (secondary N) is 1. The highest BCUT2D eigenvalue weighted by atomic mass is 32.2. The highest BCUT2D eigenvalue weighted by Gasteiger charge is 2.22. The van der Waals surface area contributed by atoms with Crippen molar-refractivity contribution in [1.82, 2.24) is 14.8 Å². The van der Waals surface area contributed by atoms with Gasteiger partial charge in [-0.1, -0.05) is 54.2 Å². The van der Waals surface area contributed by atoms with Crippen LogP contribution in [0.3, 0.4) is 0 Å². The number of aromatic nitrogens is 3. The number of benzene rings is 3. The van der Waals surface area contributed by atoms with Gasteiger partial charge in [-0.2, -0.15) is 0 Å². The predicted octanol–water partition coefficient (Wildman–Crippen LogP) is 5.59. The number of para-hydroxylation sites is 1. The van der Waals surface area contributed by atoms with E-state index in [9.17, 15) is 13.6 Å². The Balaban J connectivity index is 1.58. The van der Waals surface area contributed by atoms with Crippen LogP contribution in [-0.4, -0.2) is 33.0 Å². The summed E-state index contributed by atoms with van der Waals surface area (Å²) >= 11 is 1.24. The Morgan fingerprint density at radius 1 is 1.03 bits per heavy atom. The van der Waals surface area contributed by atoms with E-state index in [0.29, 0.717) is 23.3 Å². The number of anilines is 1. The molecular weight excluding hydrogens is 470 g/mol. The summed E-state index contributed by atoms with van der Waals surface area (Å²) in [5.41, 5.74) is 2.13. The van der Waals surface area contributed by atoms with Gasteiger partial charge in [0.15, 0.2) is 22.6 Å². The number of rotatable bonds is 9. The first-order valence-electron chi connectivity index (χ1n) is 11.0. The van der Waals surface area contributed by atoms with E-state index in [1.54, 1.807) is 14.0 Å². The summed E-state index contributed by atoms with van der Waals surface area (Å²) in [6, 6.07) is 20.8. The standard InChI is InChI=1S/C26H24F2N4O2S/c1-17(25(33)29-19-12-13-21(27)22(28)16-19)35-26-31-30-24(20-10-6-7-11-23(20)34-2)32(26)15-14-18-8-4-3-5-9-18/h3-13,16-17H,14-15H2,1-2H3,(H,29,33). The largest absolute Gasteiger partial charge is 0.496 e. The zero-order valence-electron chi connectivity index (χ0n) is 19.2. The molecule has 0 spiro atoms. The zero-order chi connectivity index (χ0) is 24.8. The van der Waals surface area contributed by atoms with Gasteiger partial charge in [0, 0.05) is 18.3 Å². The van der Waals surface area contributed by atoms with Crippen LogP contribution >= 0.6 is 11.8 Å². The van der Waals surface area contributed by atoms with Gasteiger partial charge in [0.05, 0.1) is 17.9 Å². The fraction of sp³-hybridized carbons (Fsp3) is 0.192. The second-order valence-electron chi connectivity index (χ2n) is 7.77. The van der Waals surface area contributed by atoms with Gasteiger partial charge in [0.1, 0.15) is 5.75 Å². The van der Waals surface area contributed by atoms with E-state index >= 15 is 0 Å². The molecule has 35 heavy (non-hydrogen) atoms. The molecule has 1 amide bonds. The third kappa shape index (κ3) is 5.86. The van der Waals surface area contributed by atoms with Gasteiger partial charge in [-0.15, -0.1) is 10.2 Å². The number of carbonyl (C=O) groups is 1. The molecule has 3 aromatic carbocycles. The van der Waals surface area contributed by atoms with Gasteiger partial charge in [0.2, 0.25) is 5.91 Å². The number of amides is 1. The smallest absolute Gasteiger partial charge is 0.237 e. The molecule has 0 saturated carbocycles. The van der Waals surface area contributed by atoms with Gasteiger partial charge in [0.25, 0.3) is 0 Å². The molecule has 0 aliphatic rings. The van der Waals surface area contributed by atoms with Crippen molar-refractivity contribution in [3.8, 4) is 17.1 Å². The first-order valence-corrected chi connectivity index (χ1v) is 11.9. The molecule has 1 N–H and O–H groups in total. The third-order valence-electron chi connectivity index (χ3n) is 5.37. The molecule has 0 bridgehead atoms. The Bertz CT molecular complexity index is 1310. The van der Waals surface area contributed by atoms with Crippen LogP contribution in [0.25, 0.3) is 11.4 Å². The van der Waals surface area contributed by atoms with E-state index < -0.39 is 16.9 Å². The predicted molar refractivity (Wildman–Crippen MR) is 132 cm³/mol. The number of aryl methyl sites for hydroxylation is 1. The molecular formula is C26H24F2N4O2S. The first-order chi connectivity index (χ1) is 17.0. The van der Waals surface area contributed by atoms with Crippen LogP contribution in [0.4, 0.5) is 14.5 Å². The molecule has 0 fully saturated rings. The number of ether oxygens (including phenoxy) is 1. The van der Waals surface area contributed by atoms with E-state index in [1.165, 1.54) is 17.8 Å². The number of nitrogens with zero attached hydrogens (tertiary/aromatic N) is 3. The maximum absolute atomic E-state index is 13.5. The number of carbonyl (C=O) groups excluding carboxylic acids is 1. The van der Waals surface area contributed by atoms with Crippen molar-refractivity contribution in [2.45, 2.75) is 30.3 Å². The minimum atomic E-state index is -1.02. The normalized spacial score (nSPS) is 11.8. The number of methoxy groups -OCH3 is 1. The molecule has 1 aromatic heterocycles. The minimum absolute atomic E-state index is 0.182. The Morgan fingerprint density at radius 2 is 1.77 bits per heavy atom. The van der Waals surface area contributed by atoms with Gasteiger partial charge in [-0.05, 0) is 43.2 Å². The summed E-state index contributed by atoms with van der Waals surface area (Å²) in [5.74, 6) is -1.06. The van der Waals surface area contributed by atoms with Crippen LogP contribution in [0.2, 0.25) is 0 Å². The monoisotopic (exact) mass is 494 g/mol. The first kappa shape index (κ1) is 24.4. The minimum Gasteiger partial charge on any atom is -0.496 e. The lowest BCUT2D eigenvalue weighted by Gasteiger charge is -2.15. The summed E-state index contributed by atoms with van der Waals surface area (Å²) in [6.45, 7) is 2.31. The number of thioether (sulfide) groups is 1. The lowest BCUT2D eigenvalue weighted by atomic mass is 10.1. The summed E-state index contributed by atoms with van der Waals surface area (Å²) in [5, 5.41) is 11.4. The zero-order valence-corrected chi connectivity index (χ0v) is 20.1. The molecule has 0 aliphatic carbocycles. The lowest BCUT2D eigenvalue weighted by Crippen LogP contribution is -2.23. The summed E-state index contributed by atoms with van der Waals surface area (Å²) in [7, 11) is 1.60. The maximum atomic E-state index is 13.5. The average Bonchev–Trinajstić information content (AvgIpc) is 3.27. The average molecular weight is 495 g/mol. The maximum Gasteiger partial charge on any atom is 0.237 e. The van der Waals surface area contributed by atoms with E-state index in [1.807, 2.05) is 47.0 Å². The molecule has 180 valence electrons. The Morgan fingerprint density at radius 3 is 2.51 bits per heavy atom. The van der Waals surface area contributed by atoms with Crippen molar-refractivity contribution in [1.29, 1.82) is 0 Å². The van der Waals surface area contributed by atoms with Crippen LogP contribution in [0.5, 0.6) is 5.75 Å². The quantitative estimate of drug-likeness (QED) is 0.307.